The van der Waals surface area contributed by atoms with Crippen LogP contribution in [0.15, 0.2) is 46.1 Å². The maximum Gasteiger partial charge on any atom is 0.409 e. The fraction of sp³-hybridized carbons (Fsp3) is 0.364. The van der Waals surface area contributed by atoms with Gasteiger partial charge >= 0.3 is 11.8 Å². The van der Waals surface area contributed by atoms with Crippen LogP contribution >= 0.6 is 0 Å². The van der Waals surface area contributed by atoms with E-state index < -0.39 is 17.2 Å². The van der Waals surface area contributed by atoms with E-state index in [-0.39, 0.29) is 24.2 Å². The number of aromatic amines is 2. The molecule has 1 aliphatic heterocycles. The number of likely N-dealkylation sites (tertiary alicyclic amines) is 1. The van der Waals surface area contributed by atoms with Gasteiger partial charge in [-0.15, -0.1) is 0 Å². The zero-order valence-electron chi connectivity index (χ0n) is 17.7. The highest BCUT2D eigenvalue weighted by molar-refractivity contribution is 5.91. The Morgan fingerprint density at radius 3 is 2.53 bits per heavy atom. The number of nitrogens with one attached hydrogen (secondary N) is 3. The first-order chi connectivity index (χ1) is 15.5. The van der Waals surface area contributed by atoms with Gasteiger partial charge in [0.25, 0.3) is 5.56 Å². The van der Waals surface area contributed by atoms with Crippen LogP contribution in [0.3, 0.4) is 0 Å². The third-order valence-corrected chi connectivity index (χ3v) is 5.59. The second kappa shape index (κ2) is 9.13. The van der Waals surface area contributed by atoms with Gasteiger partial charge in [0, 0.05) is 30.9 Å². The van der Waals surface area contributed by atoms with E-state index in [0.29, 0.717) is 43.6 Å². The smallest absolute Gasteiger partial charge is 0.409 e. The standard InChI is InChI=1S/C22H25N5O5/c1-2-32-22(31)26-10-8-15(9-11-26)24-17(28)13-27-20(29)19-18(25-21(27)30)16(12-23-19)14-6-4-3-5-7-14/h3-7,12,15,23H,2,8-11,13H2,1H3,(H,24,28)(H,25,30). The van der Waals surface area contributed by atoms with E-state index in [0.717, 1.165) is 10.1 Å². The summed E-state index contributed by atoms with van der Waals surface area (Å²) in [5, 5.41) is 2.85. The fourth-order valence-electron chi connectivity index (χ4n) is 3.95. The molecule has 168 valence electrons. The van der Waals surface area contributed by atoms with Crippen molar-refractivity contribution in [2.24, 2.45) is 0 Å². The summed E-state index contributed by atoms with van der Waals surface area (Å²) >= 11 is 0. The minimum atomic E-state index is -0.647. The second-order valence-electron chi connectivity index (χ2n) is 7.67. The normalized spacial score (nSPS) is 14.5. The number of carbonyl (C=O) groups excluding carboxylic acids is 2. The Bertz CT molecular complexity index is 1240. The van der Waals surface area contributed by atoms with Gasteiger partial charge in [-0.05, 0) is 25.3 Å². The molecule has 2 amide bonds. The number of carbonyl (C=O) groups is 2. The van der Waals surface area contributed by atoms with Crippen molar-refractivity contribution in [3.8, 4) is 11.1 Å². The predicted molar refractivity (Wildman–Crippen MR) is 118 cm³/mol. The quantitative estimate of drug-likeness (QED) is 0.554. The third-order valence-electron chi connectivity index (χ3n) is 5.59. The Balaban J connectivity index is 1.46. The molecule has 1 aromatic carbocycles. The molecule has 0 unspecified atom stereocenters. The molecule has 10 nitrogen and oxygen atoms in total. The minimum absolute atomic E-state index is 0.137. The van der Waals surface area contributed by atoms with Crippen LogP contribution in [0.2, 0.25) is 0 Å². The van der Waals surface area contributed by atoms with Gasteiger partial charge in [0.05, 0.1) is 12.1 Å². The summed E-state index contributed by atoms with van der Waals surface area (Å²) in [5.41, 5.74) is 1.01. The lowest BCUT2D eigenvalue weighted by Crippen LogP contribution is -2.48. The molecule has 0 bridgehead atoms. The SMILES string of the molecule is CCOC(=O)N1CCC(NC(=O)Cn2c(=O)[nH]c3c(-c4ccccc4)c[nH]c3c2=O)CC1. The first kappa shape index (κ1) is 21.4. The summed E-state index contributed by atoms with van der Waals surface area (Å²) in [7, 11) is 0. The molecule has 32 heavy (non-hydrogen) atoms. The lowest BCUT2D eigenvalue weighted by Gasteiger charge is -2.31. The largest absolute Gasteiger partial charge is 0.450 e. The number of amides is 2. The summed E-state index contributed by atoms with van der Waals surface area (Å²) in [4.78, 5) is 57.0. The number of ether oxygens (including phenoxy) is 1. The summed E-state index contributed by atoms with van der Waals surface area (Å²) in [5.74, 6) is -0.429. The van der Waals surface area contributed by atoms with Crippen LogP contribution in [0.25, 0.3) is 22.2 Å². The van der Waals surface area contributed by atoms with Gasteiger partial charge in [0.1, 0.15) is 12.1 Å². The highest BCUT2D eigenvalue weighted by Gasteiger charge is 2.25. The van der Waals surface area contributed by atoms with E-state index in [1.807, 2.05) is 30.3 Å². The number of fused-ring (bicyclic) bond motifs is 1. The van der Waals surface area contributed by atoms with Gasteiger partial charge in [0.2, 0.25) is 5.91 Å². The monoisotopic (exact) mass is 439 g/mol. The molecule has 1 aliphatic rings. The van der Waals surface area contributed by atoms with Crippen molar-refractivity contribution in [1.82, 2.24) is 24.8 Å². The molecule has 0 saturated carbocycles. The molecular formula is C22H25N5O5. The number of benzene rings is 1. The number of hydrogen-bond donors (Lipinski definition) is 3. The maximum absolute atomic E-state index is 12.9. The first-order valence-corrected chi connectivity index (χ1v) is 10.6. The van der Waals surface area contributed by atoms with Gasteiger partial charge in [-0.25, -0.2) is 14.2 Å². The molecule has 3 heterocycles. The summed E-state index contributed by atoms with van der Waals surface area (Å²) < 4.78 is 5.87. The van der Waals surface area contributed by atoms with Crippen molar-refractivity contribution in [3.05, 3.63) is 57.4 Å². The molecule has 3 N–H and O–H groups in total. The zero-order valence-corrected chi connectivity index (χ0v) is 17.7. The van der Waals surface area contributed by atoms with Crippen LogP contribution < -0.4 is 16.6 Å². The van der Waals surface area contributed by atoms with Crippen LogP contribution in [0, 0.1) is 0 Å². The van der Waals surface area contributed by atoms with Gasteiger partial charge in [-0.3, -0.25) is 9.59 Å². The molecular weight excluding hydrogens is 414 g/mol. The fourth-order valence-corrected chi connectivity index (χ4v) is 3.95. The lowest BCUT2D eigenvalue weighted by atomic mass is 10.1. The van der Waals surface area contributed by atoms with E-state index >= 15 is 0 Å². The number of hydrogen-bond acceptors (Lipinski definition) is 5. The van der Waals surface area contributed by atoms with Crippen molar-refractivity contribution in [2.75, 3.05) is 19.7 Å². The zero-order chi connectivity index (χ0) is 22.7. The molecule has 0 spiro atoms. The molecule has 0 aliphatic carbocycles. The van der Waals surface area contributed by atoms with Gasteiger partial charge in [-0.1, -0.05) is 30.3 Å². The Morgan fingerprint density at radius 1 is 1.12 bits per heavy atom. The van der Waals surface area contributed by atoms with Crippen molar-refractivity contribution in [2.45, 2.75) is 32.4 Å². The average molecular weight is 439 g/mol. The molecule has 1 saturated heterocycles. The molecule has 3 aromatic rings. The van der Waals surface area contributed by atoms with E-state index in [1.165, 1.54) is 0 Å². The maximum atomic E-state index is 12.9. The molecule has 1 fully saturated rings. The van der Waals surface area contributed by atoms with Gasteiger partial charge < -0.3 is 24.9 Å². The van der Waals surface area contributed by atoms with Crippen LogP contribution in [0.1, 0.15) is 19.8 Å². The Labute approximate surface area is 183 Å². The number of aromatic nitrogens is 3. The van der Waals surface area contributed by atoms with Crippen LogP contribution in [-0.2, 0) is 16.1 Å². The topological polar surface area (TPSA) is 129 Å². The second-order valence-corrected chi connectivity index (χ2v) is 7.67. The highest BCUT2D eigenvalue weighted by atomic mass is 16.6. The number of piperidine rings is 1. The van der Waals surface area contributed by atoms with Gasteiger partial charge in [-0.2, -0.15) is 0 Å². The van der Waals surface area contributed by atoms with E-state index in [4.69, 9.17) is 4.74 Å². The van der Waals surface area contributed by atoms with Crippen molar-refractivity contribution < 1.29 is 14.3 Å². The lowest BCUT2D eigenvalue weighted by molar-refractivity contribution is -0.122. The van der Waals surface area contributed by atoms with Crippen molar-refractivity contribution in [1.29, 1.82) is 0 Å². The van der Waals surface area contributed by atoms with Crippen molar-refractivity contribution in [3.63, 3.8) is 0 Å². The average Bonchev–Trinajstić information content (AvgIpc) is 3.22. The van der Waals surface area contributed by atoms with Gasteiger partial charge in [0.15, 0.2) is 0 Å². The van der Waals surface area contributed by atoms with E-state index in [1.54, 1.807) is 18.0 Å². The number of rotatable bonds is 5. The summed E-state index contributed by atoms with van der Waals surface area (Å²) in [6, 6.07) is 9.25. The van der Waals surface area contributed by atoms with Crippen LogP contribution in [0.4, 0.5) is 4.79 Å². The van der Waals surface area contributed by atoms with Crippen LogP contribution in [0.5, 0.6) is 0 Å². The minimum Gasteiger partial charge on any atom is -0.450 e. The molecule has 10 heteroatoms. The predicted octanol–water partition coefficient (Wildman–Crippen LogP) is 1.42. The molecule has 2 aromatic heterocycles. The number of nitrogens with zero attached hydrogens (tertiary/aromatic N) is 2. The number of H-pyrrole nitrogens is 2. The Morgan fingerprint density at radius 2 is 1.84 bits per heavy atom. The molecule has 0 atom stereocenters. The van der Waals surface area contributed by atoms with Crippen LogP contribution in [-0.4, -0.2) is 57.2 Å². The summed E-state index contributed by atoms with van der Waals surface area (Å²) in [6.07, 6.45) is 2.46. The highest BCUT2D eigenvalue weighted by Crippen LogP contribution is 2.24. The molecule has 4 rings (SSSR count). The first-order valence-electron chi connectivity index (χ1n) is 10.6. The van der Waals surface area contributed by atoms with Crippen molar-refractivity contribution >= 4 is 23.0 Å². The Hall–Kier alpha value is -3.82. The van der Waals surface area contributed by atoms with E-state index in [2.05, 4.69) is 15.3 Å². The third kappa shape index (κ3) is 4.29. The van der Waals surface area contributed by atoms with E-state index in [9.17, 15) is 19.2 Å². The molecule has 0 radical (unpaired) electrons. The Kier molecular flexibility index (Phi) is 6.11. The summed E-state index contributed by atoms with van der Waals surface area (Å²) in [6.45, 7) is 2.63.